The molecule has 0 unspecified atom stereocenters. The number of hydrogen-bond acceptors (Lipinski definition) is 4. The highest BCUT2D eigenvalue weighted by molar-refractivity contribution is 5.92. The molecular weight excluding hydrogens is 266 g/mol. The van der Waals surface area contributed by atoms with Crippen LogP contribution in [-0.4, -0.2) is 26.0 Å². The highest BCUT2D eigenvalue weighted by Gasteiger charge is 2.44. The second-order valence-corrected chi connectivity index (χ2v) is 5.70. The van der Waals surface area contributed by atoms with Crippen molar-refractivity contribution in [3.63, 3.8) is 0 Å². The summed E-state index contributed by atoms with van der Waals surface area (Å²) in [6.07, 6.45) is 5.29. The molecule has 0 spiro atoms. The molecule has 4 heteroatoms. The predicted molar refractivity (Wildman–Crippen MR) is 80.9 cm³/mol. The van der Waals surface area contributed by atoms with E-state index in [0.717, 1.165) is 24.5 Å². The smallest absolute Gasteiger partial charge is 0.161 e. The van der Waals surface area contributed by atoms with Crippen LogP contribution < -0.4 is 14.8 Å². The van der Waals surface area contributed by atoms with E-state index >= 15 is 0 Å². The first-order valence-corrected chi connectivity index (χ1v) is 7.35. The minimum Gasteiger partial charge on any atom is -0.493 e. The monoisotopic (exact) mass is 287 g/mol. The average Bonchev–Trinajstić information content (AvgIpc) is 2.53. The van der Waals surface area contributed by atoms with Crippen molar-refractivity contribution in [1.82, 2.24) is 5.32 Å². The van der Waals surface area contributed by atoms with Gasteiger partial charge in [-0.2, -0.15) is 0 Å². The number of benzene rings is 1. The molecule has 112 valence electrons. The maximum Gasteiger partial charge on any atom is 0.161 e. The van der Waals surface area contributed by atoms with Crippen molar-refractivity contribution in [2.75, 3.05) is 14.2 Å². The number of ketones is 1. The summed E-state index contributed by atoms with van der Waals surface area (Å²) in [5.41, 5.74) is 2.32. The van der Waals surface area contributed by atoms with Crippen molar-refractivity contribution in [3.8, 4) is 11.5 Å². The normalized spacial score (nSPS) is 27.0. The van der Waals surface area contributed by atoms with Gasteiger partial charge in [-0.25, -0.2) is 0 Å². The van der Waals surface area contributed by atoms with Gasteiger partial charge in [0.25, 0.3) is 0 Å². The average molecular weight is 287 g/mol. The number of fused-ring (bicyclic) bond motifs is 3. The number of allylic oxidation sites excluding steroid dienone is 1. The van der Waals surface area contributed by atoms with Crippen molar-refractivity contribution in [1.29, 1.82) is 0 Å². The quantitative estimate of drug-likeness (QED) is 0.927. The van der Waals surface area contributed by atoms with Crippen LogP contribution in [0.1, 0.15) is 30.9 Å². The fourth-order valence-electron chi connectivity index (χ4n) is 3.63. The Morgan fingerprint density at radius 1 is 1.29 bits per heavy atom. The Kier molecular flexibility index (Phi) is 3.49. The van der Waals surface area contributed by atoms with Gasteiger partial charge in [0, 0.05) is 24.4 Å². The lowest BCUT2D eigenvalue weighted by molar-refractivity contribution is -0.116. The summed E-state index contributed by atoms with van der Waals surface area (Å²) >= 11 is 0. The molecule has 0 saturated carbocycles. The first-order valence-electron chi connectivity index (χ1n) is 7.35. The van der Waals surface area contributed by atoms with Gasteiger partial charge in [0.15, 0.2) is 17.3 Å². The van der Waals surface area contributed by atoms with E-state index in [1.807, 2.05) is 6.07 Å². The number of carbonyl (C=O) groups is 1. The maximum absolute atomic E-state index is 11.7. The van der Waals surface area contributed by atoms with Gasteiger partial charge in [-0.1, -0.05) is 13.0 Å². The fraction of sp³-hybridized carbons (Fsp3) is 0.471. The first-order chi connectivity index (χ1) is 10.1. The van der Waals surface area contributed by atoms with Gasteiger partial charge in [0.2, 0.25) is 0 Å². The molecule has 1 aromatic carbocycles. The molecule has 0 saturated heterocycles. The van der Waals surface area contributed by atoms with E-state index in [9.17, 15) is 4.79 Å². The molecule has 0 amide bonds. The van der Waals surface area contributed by atoms with Crippen LogP contribution in [0.4, 0.5) is 0 Å². The van der Waals surface area contributed by atoms with Gasteiger partial charge >= 0.3 is 0 Å². The topological polar surface area (TPSA) is 47.6 Å². The van der Waals surface area contributed by atoms with E-state index in [4.69, 9.17) is 9.47 Å². The standard InChI is InChI=1S/C17H21NO3/c1-4-17-6-5-12(19)8-16(17)18-10-11-7-14(20-2)15(21-3)9-13(11)17/h5-7,9,16,18H,4,8,10H2,1-3H3/t16-,17+/m0/s1. The Morgan fingerprint density at radius 3 is 2.67 bits per heavy atom. The zero-order valence-corrected chi connectivity index (χ0v) is 12.7. The molecule has 4 nitrogen and oxygen atoms in total. The van der Waals surface area contributed by atoms with Gasteiger partial charge in [-0.3, -0.25) is 4.79 Å². The molecule has 1 aromatic rings. The molecule has 0 radical (unpaired) electrons. The number of ether oxygens (including phenoxy) is 2. The van der Waals surface area contributed by atoms with E-state index in [-0.39, 0.29) is 17.2 Å². The largest absolute Gasteiger partial charge is 0.493 e. The molecule has 3 rings (SSSR count). The molecule has 1 heterocycles. The van der Waals surface area contributed by atoms with E-state index in [1.54, 1.807) is 20.3 Å². The molecular formula is C17H21NO3. The van der Waals surface area contributed by atoms with Crippen molar-refractivity contribution >= 4 is 5.78 Å². The van der Waals surface area contributed by atoms with Crippen LogP contribution in [0.25, 0.3) is 0 Å². The fourth-order valence-corrected chi connectivity index (χ4v) is 3.63. The van der Waals surface area contributed by atoms with Crippen LogP contribution in [0, 0.1) is 0 Å². The number of nitrogens with one attached hydrogen (secondary N) is 1. The molecule has 1 aliphatic carbocycles. The van der Waals surface area contributed by atoms with Crippen LogP contribution >= 0.6 is 0 Å². The second kappa shape index (κ2) is 5.19. The first kappa shape index (κ1) is 14.1. The second-order valence-electron chi connectivity index (χ2n) is 5.70. The van der Waals surface area contributed by atoms with Gasteiger partial charge in [0.05, 0.1) is 14.2 Å². The summed E-state index contributed by atoms with van der Waals surface area (Å²) in [7, 11) is 3.31. The van der Waals surface area contributed by atoms with Gasteiger partial charge in [0.1, 0.15) is 0 Å². The molecule has 21 heavy (non-hydrogen) atoms. The summed E-state index contributed by atoms with van der Waals surface area (Å²) in [5.74, 6) is 1.69. The molecule has 2 aliphatic rings. The van der Waals surface area contributed by atoms with Crippen LogP contribution in [0.2, 0.25) is 0 Å². The minimum atomic E-state index is -0.138. The van der Waals surface area contributed by atoms with Crippen molar-refractivity contribution in [2.24, 2.45) is 0 Å². The Bertz CT molecular complexity index is 608. The van der Waals surface area contributed by atoms with Gasteiger partial charge in [-0.05, 0) is 35.8 Å². The Balaban J connectivity index is 2.19. The Labute approximate surface area is 125 Å². The number of carbonyl (C=O) groups excluding carboxylic acids is 1. The summed E-state index contributed by atoms with van der Waals surface area (Å²) < 4.78 is 10.9. The lowest BCUT2D eigenvalue weighted by atomic mass is 9.64. The summed E-state index contributed by atoms with van der Waals surface area (Å²) in [4.78, 5) is 11.7. The summed E-state index contributed by atoms with van der Waals surface area (Å²) in [5, 5.41) is 3.52. The molecule has 0 bridgehead atoms. The van der Waals surface area contributed by atoms with E-state index in [0.29, 0.717) is 6.42 Å². The van der Waals surface area contributed by atoms with E-state index in [2.05, 4.69) is 24.4 Å². The lowest BCUT2D eigenvalue weighted by Crippen LogP contribution is -2.53. The molecule has 0 fully saturated rings. The number of methoxy groups -OCH3 is 2. The number of hydrogen-bond donors (Lipinski definition) is 1. The molecule has 2 atom stereocenters. The minimum absolute atomic E-state index is 0.138. The highest BCUT2D eigenvalue weighted by atomic mass is 16.5. The third-order valence-electron chi connectivity index (χ3n) is 4.83. The Hall–Kier alpha value is -1.81. The van der Waals surface area contributed by atoms with Crippen molar-refractivity contribution in [2.45, 2.75) is 37.8 Å². The van der Waals surface area contributed by atoms with E-state index in [1.165, 1.54) is 11.1 Å². The molecule has 1 aliphatic heterocycles. The highest BCUT2D eigenvalue weighted by Crippen LogP contribution is 2.45. The zero-order chi connectivity index (χ0) is 15.0. The Morgan fingerprint density at radius 2 is 2.00 bits per heavy atom. The van der Waals surface area contributed by atoms with Crippen LogP contribution in [-0.2, 0) is 16.8 Å². The zero-order valence-electron chi connectivity index (χ0n) is 12.7. The lowest BCUT2D eigenvalue weighted by Gasteiger charge is -2.45. The maximum atomic E-state index is 11.7. The van der Waals surface area contributed by atoms with Crippen molar-refractivity contribution < 1.29 is 14.3 Å². The number of rotatable bonds is 3. The van der Waals surface area contributed by atoms with Crippen LogP contribution in [0.3, 0.4) is 0 Å². The SMILES string of the molecule is CC[C@]12C=CC(=O)C[C@@H]1NCc1cc(OC)c(OC)cc12. The van der Waals surface area contributed by atoms with Crippen LogP contribution in [0.5, 0.6) is 11.5 Å². The molecule has 1 N–H and O–H groups in total. The van der Waals surface area contributed by atoms with Crippen molar-refractivity contribution in [3.05, 3.63) is 35.4 Å². The third kappa shape index (κ3) is 2.05. The molecule has 0 aromatic heterocycles. The summed E-state index contributed by atoms with van der Waals surface area (Å²) in [6, 6.07) is 4.27. The predicted octanol–water partition coefficient (Wildman–Crippen LogP) is 2.35. The summed E-state index contributed by atoms with van der Waals surface area (Å²) in [6.45, 7) is 2.92. The van der Waals surface area contributed by atoms with E-state index < -0.39 is 0 Å². The van der Waals surface area contributed by atoms with Crippen LogP contribution in [0.15, 0.2) is 24.3 Å². The van der Waals surface area contributed by atoms with Gasteiger partial charge in [-0.15, -0.1) is 0 Å². The van der Waals surface area contributed by atoms with Gasteiger partial charge < -0.3 is 14.8 Å². The third-order valence-corrected chi connectivity index (χ3v) is 4.83.